The fourth-order valence-corrected chi connectivity index (χ4v) is 5.17. The van der Waals surface area contributed by atoms with Crippen LogP contribution < -0.4 is 14.9 Å². The van der Waals surface area contributed by atoms with Crippen molar-refractivity contribution in [2.24, 2.45) is 4.99 Å². The topological polar surface area (TPSA) is 90.9 Å². The number of benzene rings is 3. The molecule has 1 aliphatic rings. The van der Waals surface area contributed by atoms with Gasteiger partial charge in [0.1, 0.15) is 0 Å². The van der Waals surface area contributed by atoms with Crippen molar-refractivity contribution in [1.29, 1.82) is 0 Å². The van der Waals surface area contributed by atoms with Crippen molar-refractivity contribution < 1.29 is 26.4 Å². The van der Waals surface area contributed by atoms with E-state index in [1.165, 1.54) is 40.1 Å². The first kappa shape index (κ1) is 29.2. The summed E-state index contributed by atoms with van der Waals surface area (Å²) < 4.78 is 61.6. The summed E-state index contributed by atoms with van der Waals surface area (Å²) >= 11 is 1.12. The molecule has 2 N–H and O–H groups in total. The van der Waals surface area contributed by atoms with Gasteiger partial charge in [-0.15, -0.1) is 0 Å². The Balaban J connectivity index is 1.34. The van der Waals surface area contributed by atoms with Crippen LogP contribution in [0.15, 0.2) is 82.7 Å². The van der Waals surface area contributed by atoms with E-state index >= 15 is 0 Å². The first-order chi connectivity index (χ1) is 18.8. The van der Waals surface area contributed by atoms with Gasteiger partial charge in [0.2, 0.25) is 0 Å². The molecule has 210 valence electrons. The quantitative estimate of drug-likeness (QED) is 0.282. The molecule has 3 aromatic rings. The second-order valence-corrected chi connectivity index (χ2v) is 12.1. The molecular weight excluding hydrogens is 561 g/mol. The molecule has 1 aliphatic heterocycles. The number of nitrogens with zero attached hydrogens (tertiary/aromatic N) is 2. The molecule has 3 aromatic carbocycles. The predicted octanol–water partition coefficient (Wildman–Crippen LogP) is 6.79. The Bertz CT molecular complexity index is 1530. The van der Waals surface area contributed by atoms with Crippen LogP contribution >= 0.6 is 11.8 Å². The summed E-state index contributed by atoms with van der Waals surface area (Å²) in [7, 11) is -3.49. The number of carbonyl (C=O) groups excluding carboxylic acids is 1. The smallest absolute Gasteiger partial charge is 0.370 e. The van der Waals surface area contributed by atoms with Gasteiger partial charge in [0, 0.05) is 30.7 Å². The lowest BCUT2D eigenvalue weighted by atomic mass is 10.0. The van der Waals surface area contributed by atoms with E-state index in [1.54, 1.807) is 6.08 Å². The van der Waals surface area contributed by atoms with E-state index in [-0.39, 0.29) is 5.69 Å². The zero-order valence-electron chi connectivity index (χ0n) is 21.9. The molecule has 40 heavy (non-hydrogen) atoms. The summed E-state index contributed by atoms with van der Waals surface area (Å²) in [5.74, 6) is 0.0653. The minimum absolute atomic E-state index is 0.251. The SMILES string of the molecule is CC(C)c1ccc(CN(C)c2ccc(C=C3SC(Nc4ccc(NS(=O)(=O)C(F)(F)F)cc4)=NC3=O)cc2)cc1. The van der Waals surface area contributed by atoms with Crippen molar-refractivity contribution in [3.8, 4) is 0 Å². The molecule has 0 spiro atoms. The minimum atomic E-state index is -5.51. The van der Waals surface area contributed by atoms with E-state index in [0.29, 0.717) is 21.7 Å². The number of rotatable bonds is 8. The van der Waals surface area contributed by atoms with E-state index in [0.717, 1.165) is 29.6 Å². The first-order valence-electron chi connectivity index (χ1n) is 12.2. The van der Waals surface area contributed by atoms with Crippen molar-refractivity contribution in [2.45, 2.75) is 31.8 Å². The molecule has 0 unspecified atom stereocenters. The molecule has 0 radical (unpaired) electrons. The summed E-state index contributed by atoms with van der Waals surface area (Å²) in [5, 5.41) is 3.20. The maximum atomic E-state index is 12.5. The second-order valence-electron chi connectivity index (χ2n) is 9.43. The van der Waals surface area contributed by atoms with Crippen LogP contribution in [0.4, 0.5) is 30.2 Å². The van der Waals surface area contributed by atoms with Crippen LogP contribution in [0, 0.1) is 0 Å². The highest BCUT2D eigenvalue weighted by molar-refractivity contribution is 8.18. The number of halogens is 3. The van der Waals surface area contributed by atoms with Crippen LogP contribution in [0.5, 0.6) is 0 Å². The van der Waals surface area contributed by atoms with Gasteiger partial charge in [0.25, 0.3) is 5.91 Å². The van der Waals surface area contributed by atoms with Crippen LogP contribution in [0.25, 0.3) is 6.08 Å². The van der Waals surface area contributed by atoms with E-state index in [4.69, 9.17) is 0 Å². The third kappa shape index (κ3) is 7.24. The number of sulfonamides is 1. The van der Waals surface area contributed by atoms with Crippen molar-refractivity contribution >= 4 is 56.0 Å². The largest absolute Gasteiger partial charge is 0.516 e. The number of hydrogen-bond donors (Lipinski definition) is 2. The van der Waals surface area contributed by atoms with Gasteiger partial charge in [0.05, 0.1) is 4.91 Å². The van der Waals surface area contributed by atoms with Crippen LogP contribution in [0.3, 0.4) is 0 Å². The highest BCUT2D eigenvalue weighted by Crippen LogP contribution is 2.31. The molecule has 0 bridgehead atoms. The minimum Gasteiger partial charge on any atom is -0.370 e. The summed E-state index contributed by atoms with van der Waals surface area (Å²) in [6, 6.07) is 21.5. The van der Waals surface area contributed by atoms with Gasteiger partial charge in [0.15, 0.2) is 5.17 Å². The van der Waals surface area contributed by atoms with Gasteiger partial charge >= 0.3 is 15.5 Å². The number of anilines is 3. The first-order valence-corrected chi connectivity index (χ1v) is 14.5. The Morgan fingerprint density at radius 1 is 0.950 bits per heavy atom. The van der Waals surface area contributed by atoms with Gasteiger partial charge in [-0.1, -0.05) is 50.2 Å². The lowest BCUT2D eigenvalue weighted by molar-refractivity contribution is -0.113. The molecule has 12 heteroatoms. The second kappa shape index (κ2) is 11.8. The molecule has 0 aromatic heterocycles. The molecule has 1 heterocycles. The molecule has 1 amide bonds. The van der Waals surface area contributed by atoms with Crippen molar-refractivity contribution in [3.05, 3.63) is 94.4 Å². The van der Waals surface area contributed by atoms with Gasteiger partial charge in [-0.2, -0.15) is 26.6 Å². The fraction of sp³-hybridized carbons (Fsp3) is 0.214. The maximum absolute atomic E-state index is 12.5. The summed E-state index contributed by atoms with van der Waals surface area (Å²) in [6.45, 7) is 5.09. The zero-order valence-corrected chi connectivity index (χ0v) is 23.5. The molecule has 0 fully saturated rings. The van der Waals surface area contributed by atoms with Gasteiger partial charge in [-0.25, -0.2) is 0 Å². The number of thioether (sulfide) groups is 1. The van der Waals surface area contributed by atoms with Crippen LogP contribution in [0.2, 0.25) is 0 Å². The van der Waals surface area contributed by atoms with Crippen LogP contribution in [-0.4, -0.2) is 32.0 Å². The Labute approximate surface area is 235 Å². The highest BCUT2D eigenvalue weighted by Gasteiger charge is 2.46. The zero-order chi connectivity index (χ0) is 29.1. The van der Waals surface area contributed by atoms with Gasteiger partial charge in [-0.3, -0.25) is 9.52 Å². The Kier molecular flexibility index (Phi) is 8.59. The number of aliphatic imine (C=N–C) groups is 1. The van der Waals surface area contributed by atoms with Crippen molar-refractivity contribution in [1.82, 2.24) is 0 Å². The predicted molar refractivity (Wildman–Crippen MR) is 156 cm³/mol. The molecule has 0 saturated carbocycles. The van der Waals surface area contributed by atoms with Gasteiger partial charge < -0.3 is 10.2 Å². The molecule has 0 aliphatic carbocycles. The third-order valence-electron chi connectivity index (χ3n) is 6.01. The normalized spacial score (nSPS) is 14.9. The average Bonchev–Trinajstić information content (AvgIpc) is 3.23. The lowest BCUT2D eigenvalue weighted by Gasteiger charge is -2.20. The standard InChI is InChI=1S/C28H27F3N4O3S2/c1-18(2)21-8-4-20(5-9-21)17-35(3)24-14-6-19(7-15-24)16-25-26(36)33-27(39-25)32-22-10-12-23(13-11-22)34-40(37,38)28(29,30)31/h4-16,18,34H,17H2,1-3H3,(H,32,33,36). The number of nitrogens with one attached hydrogen (secondary N) is 2. The highest BCUT2D eigenvalue weighted by atomic mass is 32.2. The third-order valence-corrected chi connectivity index (χ3v) is 8.02. The lowest BCUT2D eigenvalue weighted by Crippen LogP contribution is -2.29. The Hall–Kier alpha value is -3.77. The summed E-state index contributed by atoms with van der Waals surface area (Å²) in [4.78, 5) is 18.9. The molecular formula is C28H27F3N4O3S2. The number of carbonyl (C=O) groups is 1. The number of amidine groups is 1. The molecule has 7 nitrogen and oxygen atoms in total. The van der Waals surface area contributed by atoms with E-state index in [9.17, 15) is 26.4 Å². The molecule has 4 rings (SSSR count). The molecule has 0 saturated heterocycles. The van der Waals surface area contributed by atoms with E-state index in [2.05, 4.69) is 53.3 Å². The van der Waals surface area contributed by atoms with Gasteiger partial charge in [-0.05, 0) is 76.8 Å². The maximum Gasteiger partial charge on any atom is 0.516 e. The summed E-state index contributed by atoms with van der Waals surface area (Å²) in [6.07, 6.45) is 1.73. The fourth-order valence-electron chi connectivity index (χ4n) is 3.77. The Morgan fingerprint density at radius 2 is 1.55 bits per heavy atom. The summed E-state index contributed by atoms with van der Waals surface area (Å²) in [5.41, 5.74) is -0.885. The van der Waals surface area contributed by atoms with Crippen molar-refractivity contribution in [2.75, 3.05) is 22.0 Å². The average molecular weight is 589 g/mol. The molecule has 0 atom stereocenters. The van der Waals surface area contributed by atoms with Crippen LogP contribution in [-0.2, 0) is 21.4 Å². The Morgan fingerprint density at radius 3 is 2.12 bits per heavy atom. The number of amides is 1. The van der Waals surface area contributed by atoms with Crippen molar-refractivity contribution in [3.63, 3.8) is 0 Å². The number of alkyl halides is 3. The van der Waals surface area contributed by atoms with E-state index < -0.39 is 21.4 Å². The van der Waals surface area contributed by atoms with E-state index in [1.807, 2.05) is 31.3 Å². The number of hydrogen-bond acceptors (Lipinski definition) is 6. The van der Waals surface area contributed by atoms with Crippen LogP contribution in [0.1, 0.15) is 36.5 Å². The monoisotopic (exact) mass is 588 g/mol.